The minimum atomic E-state index is -1.03. The number of aliphatic carboxylic acids is 1. The summed E-state index contributed by atoms with van der Waals surface area (Å²) in [5.41, 5.74) is -0.422. The second-order valence-corrected chi connectivity index (χ2v) is 5.40. The van der Waals surface area contributed by atoms with Crippen LogP contribution < -0.4 is 0 Å². The predicted octanol–water partition coefficient (Wildman–Crippen LogP) is 3.09. The summed E-state index contributed by atoms with van der Waals surface area (Å²) in [5, 5.41) is 8.48. The molecule has 114 valence electrons. The second kappa shape index (κ2) is 6.39. The molecule has 1 aromatic rings. The number of rotatable bonds is 3. The number of piperidine rings is 1. The number of amides is 1. The van der Waals surface area contributed by atoms with E-state index in [1.165, 1.54) is 4.90 Å². The number of hydrogen-bond acceptors (Lipinski definition) is 2. The van der Waals surface area contributed by atoms with Crippen molar-refractivity contribution in [3.8, 4) is 0 Å². The Morgan fingerprint density at radius 1 is 1.29 bits per heavy atom. The van der Waals surface area contributed by atoms with E-state index in [0.717, 1.165) is 18.6 Å². The number of carboxylic acids is 1. The molecule has 0 aliphatic carbocycles. The maximum Gasteiger partial charge on any atom is 0.305 e. The first-order valence-electron chi connectivity index (χ1n) is 6.57. The van der Waals surface area contributed by atoms with E-state index in [-0.39, 0.29) is 6.42 Å². The van der Waals surface area contributed by atoms with Gasteiger partial charge in [0.15, 0.2) is 0 Å². The average molecular weight is 318 g/mol. The van der Waals surface area contributed by atoms with Crippen molar-refractivity contribution in [1.82, 2.24) is 4.90 Å². The Labute approximate surface area is 125 Å². The number of carboxylic acid groups (broad SMARTS) is 1. The zero-order valence-corrected chi connectivity index (χ0v) is 11.9. The van der Waals surface area contributed by atoms with Crippen LogP contribution >= 0.6 is 11.6 Å². The zero-order chi connectivity index (χ0) is 15.6. The molecule has 1 unspecified atom stereocenters. The fraction of sp³-hybridized carbons (Fsp3) is 0.429. The molecule has 1 heterocycles. The van der Waals surface area contributed by atoms with E-state index in [1.54, 1.807) is 0 Å². The fourth-order valence-electron chi connectivity index (χ4n) is 2.52. The molecule has 0 aromatic heterocycles. The van der Waals surface area contributed by atoms with Crippen molar-refractivity contribution in [3.63, 3.8) is 0 Å². The Balaban J connectivity index is 2.28. The Kier molecular flexibility index (Phi) is 4.77. The minimum absolute atomic E-state index is 0.205. The molecule has 1 fully saturated rings. The first kappa shape index (κ1) is 15.7. The molecule has 1 aliphatic rings. The molecule has 0 saturated carbocycles. The minimum Gasteiger partial charge on any atom is -0.481 e. The van der Waals surface area contributed by atoms with Crippen LogP contribution in [0.3, 0.4) is 0 Å². The van der Waals surface area contributed by atoms with Gasteiger partial charge in [-0.1, -0.05) is 11.6 Å². The third-order valence-corrected chi connectivity index (χ3v) is 3.83. The summed E-state index contributed by atoms with van der Waals surface area (Å²) >= 11 is 5.46. The second-order valence-electron chi connectivity index (χ2n) is 4.99. The van der Waals surface area contributed by atoms with Crippen LogP contribution in [-0.4, -0.2) is 34.5 Å². The molecule has 7 heteroatoms. The Bertz CT molecular complexity index is 580. The number of benzene rings is 1. The Morgan fingerprint density at radius 3 is 2.67 bits per heavy atom. The van der Waals surface area contributed by atoms with E-state index >= 15 is 0 Å². The van der Waals surface area contributed by atoms with E-state index in [4.69, 9.17) is 16.7 Å². The molecule has 0 spiro atoms. The summed E-state index contributed by atoms with van der Waals surface area (Å²) in [6.45, 7) is 0.334. The van der Waals surface area contributed by atoms with Crippen LogP contribution in [0.25, 0.3) is 0 Å². The monoisotopic (exact) mass is 317 g/mol. The normalized spacial score (nSPS) is 18.6. The zero-order valence-electron chi connectivity index (χ0n) is 11.1. The average Bonchev–Trinajstić information content (AvgIpc) is 2.42. The molecular formula is C14H14ClF2NO3. The predicted molar refractivity (Wildman–Crippen MR) is 72.3 cm³/mol. The number of halogens is 3. The maximum atomic E-state index is 13.8. The lowest BCUT2D eigenvalue weighted by Gasteiger charge is -2.35. The van der Waals surface area contributed by atoms with Gasteiger partial charge in [-0.2, -0.15) is 0 Å². The van der Waals surface area contributed by atoms with Gasteiger partial charge in [-0.25, -0.2) is 8.78 Å². The highest BCUT2D eigenvalue weighted by atomic mass is 35.5. The number of carbonyl (C=O) groups is 2. The highest BCUT2D eigenvalue weighted by Gasteiger charge is 2.30. The van der Waals surface area contributed by atoms with Crippen LogP contribution in [0.4, 0.5) is 8.78 Å². The van der Waals surface area contributed by atoms with Crippen molar-refractivity contribution < 1.29 is 23.5 Å². The van der Waals surface area contributed by atoms with Crippen LogP contribution in [-0.2, 0) is 4.79 Å². The number of nitrogens with zero attached hydrogens (tertiary/aromatic N) is 1. The highest BCUT2D eigenvalue weighted by molar-refractivity contribution is 6.30. The first-order chi connectivity index (χ1) is 9.90. The van der Waals surface area contributed by atoms with E-state index < -0.39 is 40.1 Å². The molecule has 1 N–H and O–H groups in total. The van der Waals surface area contributed by atoms with Gasteiger partial charge in [-0.15, -0.1) is 0 Å². The van der Waals surface area contributed by atoms with Crippen molar-refractivity contribution in [2.75, 3.05) is 6.54 Å². The van der Waals surface area contributed by atoms with Crippen molar-refractivity contribution in [1.29, 1.82) is 0 Å². The third kappa shape index (κ3) is 3.50. The van der Waals surface area contributed by atoms with Gasteiger partial charge in [-0.3, -0.25) is 9.59 Å². The summed E-state index contributed by atoms with van der Waals surface area (Å²) < 4.78 is 27.2. The number of carbonyl (C=O) groups excluding carboxylic acids is 1. The lowest BCUT2D eigenvalue weighted by atomic mass is 9.98. The number of hydrogen-bond donors (Lipinski definition) is 1. The largest absolute Gasteiger partial charge is 0.481 e. The summed E-state index contributed by atoms with van der Waals surface area (Å²) in [6.07, 6.45) is 1.85. The van der Waals surface area contributed by atoms with Gasteiger partial charge in [0, 0.05) is 12.6 Å². The molecular weight excluding hydrogens is 304 g/mol. The lowest BCUT2D eigenvalue weighted by molar-refractivity contribution is -0.138. The van der Waals surface area contributed by atoms with Gasteiger partial charge in [0.05, 0.1) is 17.0 Å². The Morgan fingerprint density at radius 2 is 2.00 bits per heavy atom. The third-order valence-electron chi connectivity index (χ3n) is 3.54. The van der Waals surface area contributed by atoms with Crippen molar-refractivity contribution in [2.45, 2.75) is 31.7 Å². The van der Waals surface area contributed by atoms with Gasteiger partial charge in [0.1, 0.15) is 11.6 Å². The van der Waals surface area contributed by atoms with Crippen LogP contribution in [0.5, 0.6) is 0 Å². The summed E-state index contributed by atoms with van der Waals surface area (Å²) in [7, 11) is 0. The highest BCUT2D eigenvalue weighted by Crippen LogP contribution is 2.25. The van der Waals surface area contributed by atoms with Gasteiger partial charge in [0.2, 0.25) is 0 Å². The first-order valence-corrected chi connectivity index (χ1v) is 6.95. The molecule has 1 aliphatic heterocycles. The quantitative estimate of drug-likeness (QED) is 0.872. The topological polar surface area (TPSA) is 57.6 Å². The molecule has 0 radical (unpaired) electrons. The Hall–Kier alpha value is -1.69. The SMILES string of the molecule is O=C(O)CC1CCCCN1C(=O)c1cc(F)c(Cl)cc1F. The van der Waals surface area contributed by atoms with Crippen molar-refractivity contribution in [2.24, 2.45) is 0 Å². The molecule has 1 saturated heterocycles. The van der Waals surface area contributed by atoms with Gasteiger partial charge >= 0.3 is 5.97 Å². The van der Waals surface area contributed by atoms with Gasteiger partial charge < -0.3 is 10.0 Å². The van der Waals surface area contributed by atoms with E-state index in [0.29, 0.717) is 19.4 Å². The van der Waals surface area contributed by atoms with Crippen molar-refractivity contribution >= 4 is 23.5 Å². The maximum absolute atomic E-state index is 13.8. The summed E-state index contributed by atoms with van der Waals surface area (Å²) in [5.74, 6) is -3.52. The fourth-order valence-corrected chi connectivity index (χ4v) is 2.67. The molecule has 1 atom stereocenters. The van der Waals surface area contributed by atoms with Crippen LogP contribution in [0.2, 0.25) is 5.02 Å². The van der Waals surface area contributed by atoms with E-state index in [9.17, 15) is 18.4 Å². The van der Waals surface area contributed by atoms with Crippen LogP contribution in [0.15, 0.2) is 12.1 Å². The van der Waals surface area contributed by atoms with Crippen LogP contribution in [0, 0.1) is 11.6 Å². The molecule has 4 nitrogen and oxygen atoms in total. The molecule has 0 bridgehead atoms. The van der Waals surface area contributed by atoms with Crippen molar-refractivity contribution in [3.05, 3.63) is 34.4 Å². The molecule has 1 aromatic carbocycles. The molecule has 21 heavy (non-hydrogen) atoms. The molecule has 2 rings (SSSR count). The number of likely N-dealkylation sites (tertiary alicyclic amines) is 1. The standard InChI is InChI=1S/C14H14ClF2NO3/c15-10-7-11(16)9(6-12(10)17)14(21)18-4-2-1-3-8(18)5-13(19)20/h6-8H,1-5H2,(H,19,20). The summed E-state index contributed by atoms with van der Waals surface area (Å²) in [6, 6.07) is 1.01. The van der Waals surface area contributed by atoms with Crippen LogP contribution in [0.1, 0.15) is 36.0 Å². The van der Waals surface area contributed by atoms with E-state index in [2.05, 4.69) is 0 Å². The smallest absolute Gasteiger partial charge is 0.305 e. The lowest BCUT2D eigenvalue weighted by Crippen LogP contribution is -2.45. The van der Waals surface area contributed by atoms with Gasteiger partial charge in [0.25, 0.3) is 5.91 Å². The van der Waals surface area contributed by atoms with E-state index in [1.807, 2.05) is 0 Å². The van der Waals surface area contributed by atoms with Gasteiger partial charge in [-0.05, 0) is 31.4 Å². The molecule has 1 amide bonds. The summed E-state index contributed by atoms with van der Waals surface area (Å²) in [4.78, 5) is 24.5.